The smallest absolute Gasteiger partial charge is 0.230 e. The lowest BCUT2D eigenvalue weighted by molar-refractivity contribution is -0.120. The van der Waals surface area contributed by atoms with Crippen LogP contribution in [0.1, 0.15) is 65.2 Å². The Hall–Kier alpha value is -0.180. The van der Waals surface area contributed by atoms with E-state index in [4.69, 9.17) is 0 Å². The van der Waals surface area contributed by atoms with Crippen LogP contribution in [0, 0.1) is 11.8 Å². The topological polar surface area (TPSA) is 29.1 Å². The third kappa shape index (κ3) is 4.70. The molecule has 0 spiro atoms. The molecule has 2 aliphatic rings. The maximum atomic E-state index is 12.1. The summed E-state index contributed by atoms with van der Waals surface area (Å²) in [5, 5.41) is 4.02. The van der Waals surface area contributed by atoms with Crippen LogP contribution in [0.3, 0.4) is 0 Å². The van der Waals surface area contributed by atoms with Crippen LogP contribution in [0.4, 0.5) is 0 Å². The van der Waals surface area contributed by atoms with E-state index in [-0.39, 0.29) is 5.91 Å². The van der Waals surface area contributed by atoms with Crippen LogP contribution in [0.15, 0.2) is 0 Å². The summed E-state index contributed by atoms with van der Waals surface area (Å²) < 4.78 is 0. The molecule has 110 valence electrons. The predicted octanol–water partition coefficient (Wildman–Crippen LogP) is 3.99. The van der Waals surface area contributed by atoms with Gasteiger partial charge in [-0.15, -0.1) is 11.8 Å². The number of carbonyl (C=O) groups is 1. The number of rotatable bonds is 4. The van der Waals surface area contributed by atoms with Gasteiger partial charge in [0.2, 0.25) is 5.91 Å². The summed E-state index contributed by atoms with van der Waals surface area (Å²) in [6.45, 7) is 4.61. The predicted molar refractivity (Wildman–Crippen MR) is 83.4 cm³/mol. The van der Waals surface area contributed by atoms with Crippen LogP contribution in [0.25, 0.3) is 0 Å². The van der Waals surface area contributed by atoms with Crippen molar-refractivity contribution in [2.75, 3.05) is 5.75 Å². The molecule has 3 heteroatoms. The normalized spacial score (nSPS) is 33.1. The summed E-state index contributed by atoms with van der Waals surface area (Å²) in [5.41, 5.74) is 0. The van der Waals surface area contributed by atoms with Crippen LogP contribution in [0.5, 0.6) is 0 Å². The lowest BCUT2D eigenvalue weighted by Gasteiger charge is -2.34. The van der Waals surface area contributed by atoms with Gasteiger partial charge in [-0.3, -0.25) is 4.79 Å². The second-order valence-electron chi connectivity index (χ2n) is 6.51. The van der Waals surface area contributed by atoms with Crippen LogP contribution in [0.2, 0.25) is 0 Å². The molecular weight excluding hydrogens is 254 g/mol. The Morgan fingerprint density at radius 3 is 2.53 bits per heavy atom. The fourth-order valence-corrected chi connectivity index (χ4v) is 4.60. The van der Waals surface area contributed by atoms with Gasteiger partial charge in [-0.05, 0) is 31.1 Å². The molecule has 0 aromatic rings. The molecule has 2 fully saturated rings. The van der Waals surface area contributed by atoms with Crippen molar-refractivity contribution in [2.24, 2.45) is 11.8 Å². The summed E-state index contributed by atoms with van der Waals surface area (Å²) in [7, 11) is 0. The summed E-state index contributed by atoms with van der Waals surface area (Å²) in [6.07, 6.45) is 10.5. The zero-order valence-corrected chi connectivity index (χ0v) is 13.3. The first-order valence-electron chi connectivity index (χ1n) is 8.08. The van der Waals surface area contributed by atoms with E-state index < -0.39 is 0 Å². The van der Waals surface area contributed by atoms with Gasteiger partial charge < -0.3 is 5.32 Å². The minimum Gasteiger partial charge on any atom is -0.352 e. The Kier molecular flexibility index (Phi) is 6.06. The van der Waals surface area contributed by atoms with Crippen molar-refractivity contribution in [3.8, 4) is 0 Å². The van der Waals surface area contributed by atoms with Gasteiger partial charge in [0.25, 0.3) is 0 Å². The largest absolute Gasteiger partial charge is 0.352 e. The maximum Gasteiger partial charge on any atom is 0.230 e. The van der Waals surface area contributed by atoms with Gasteiger partial charge in [0.15, 0.2) is 0 Å². The number of nitrogens with one attached hydrogen (secondary N) is 1. The highest BCUT2D eigenvalue weighted by molar-refractivity contribution is 8.00. The monoisotopic (exact) mass is 283 g/mol. The standard InChI is InChI=1S/C16H29NOS/c1-12-7-6-10-15(13(12)2)17-16(18)11-19-14-8-4-3-5-9-14/h12-15H,3-11H2,1-2H3,(H,17,18)/t12-,13-,15-/m1/s1. The Bertz CT molecular complexity index is 288. The summed E-state index contributed by atoms with van der Waals surface area (Å²) >= 11 is 1.88. The molecule has 0 heterocycles. The number of hydrogen-bond acceptors (Lipinski definition) is 2. The number of amides is 1. The van der Waals surface area contributed by atoms with Crippen molar-refractivity contribution < 1.29 is 4.79 Å². The van der Waals surface area contributed by atoms with Crippen LogP contribution in [-0.4, -0.2) is 23.0 Å². The highest BCUT2D eigenvalue weighted by Crippen LogP contribution is 2.30. The molecule has 0 radical (unpaired) electrons. The second-order valence-corrected chi connectivity index (χ2v) is 7.80. The second kappa shape index (κ2) is 7.56. The van der Waals surface area contributed by atoms with E-state index >= 15 is 0 Å². The molecule has 0 saturated heterocycles. The molecule has 1 amide bonds. The molecule has 2 rings (SSSR count). The Balaban J connectivity index is 1.68. The quantitative estimate of drug-likeness (QED) is 0.845. The lowest BCUT2D eigenvalue weighted by atomic mass is 9.78. The molecule has 0 unspecified atom stereocenters. The van der Waals surface area contributed by atoms with E-state index in [1.54, 1.807) is 0 Å². The third-order valence-corrected chi connectivity index (χ3v) is 6.43. The summed E-state index contributed by atoms with van der Waals surface area (Å²) in [6, 6.07) is 0.420. The van der Waals surface area contributed by atoms with E-state index in [2.05, 4.69) is 19.2 Å². The molecule has 0 aliphatic heterocycles. The van der Waals surface area contributed by atoms with E-state index in [9.17, 15) is 4.79 Å². The zero-order valence-electron chi connectivity index (χ0n) is 12.5. The number of hydrogen-bond donors (Lipinski definition) is 1. The van der Waals surface area contributed by atoms with Crippen molar-refractivity contribution in [3.05, 3.63) is 0 Å². The van der Waals surface area contributed by atoms with Gasteiger partial charge in [0.1, 0.15) is 0 Å². The number of carbonyl (C=O) groups excluding carboxylic acids is 1. The highest BCUT2D eigenvalue weighted by Gasteiger charge is 2.28. The van der Waals surface area contributed by atoms with Crippen molar-refractivity contribution >= 4 is 17.7 Å². The van der Waals surface area contributed by atoms with Gasteiger partial charge in [-0.2, -0.15) is 0 Å². The maximum absolute atomic E-state index is 12.1. The fourth-order valence-electron chi connectivity index (χ4n) is 3.46. The molecule has 0 aromatic carbocycles. The lowest BCUT2D eigenvalue weighted by Crippen LogP contribution is -2.44. The van der Waals surface area contributed by atoms with Crippen LogP contribution < -0.4 is 5.32 Å². The first-order valence-corrected chi connectivity index (χ1v) is 9.12. The first-order chi connectivity index (χ1) is 9.16. The van der Waals surface area contributed by atoms with Gasteiger partial charge in [0.05, 0.1) is 5.75 Å². The first kappa shape index (κ1) is 15.2. The molecule has 1 N–H and O–H groups in total. The Labute approximate surface area is 122 Å². The zero-order chi connectivity index (χ0) is 13.7. The van der Waals surface area contributed by atoms with E-state index in [0.717, 1.165) is 11.2 Å². The average Bonchev–Trinajstić information content (AvgIpc) is 2.43. The minimum absolute atomic E-state index is 0.265. The molecule has 3 atom stereocenters. The van der Waals surface area contributed by atoms with Crippen LogP contribution in [-0.2, 0) is 4.79 Å². The van der Waals surface area contributed by atoms with Gasteiger partial charge in [-0.25, -0.2) is 0 Å². The average molecular weight is 283 g/mol. The third-order valence-electron chi connectivity index (χ3n) is 5.06. The fraction of sp³-hybridized carbons (Fsp3) is 0.938. The molecule has 0 aromatic heterocycles. The molecular formula is C16H29NOS. The Morgan fingerprint density at radius 2 is 1.79 bits per heavy atom. The van der Waals surface area contributed by atoms with Gasteiger partial charge >= 0.3 is 0 Å². The minimum atomic E-state index is 0.265. The highest BCUT2D eigenvalue weighted by atomic mass is 32.2. The molecule has 2 nitrogen and oxygen atoms in total. The van der Waals surface area contributed by atoms with Crippen molar-refractivity contribution in [1.82, 2.24) is 5.32 Å². The van der Waals surface area contributed by atoms with Gasteiger partial charge in [-0.1, -0.05) is 46.0 Å². The Morgan fingerprint density at radius 1 is 1.05 bits per heavy atom. The molecule has 2 saturated carbocycles. The van der Waals surface area contributed by atoms with Crippen molar-refractivity contribution in [3.63, 3.8) is 0 Å². The number of thioether (sulfide) groups is 1. The summed E-state index contributed by atoms with van der Waals surface area (Å²) in [4.78, 5) is 12.1. The van der Waals surface area contributed by atoms with E-state index in [0.29, 0.717) is 17.7 Å². The van der Waals surface area contributed by atoms with E-state index in [1.165, 1.54) is 51.4 Å². The summed E-state index contributed by atoms with van der Waals surface area (Å²) in [5.74, 6) is 2.33. The van der Waals surface area contributed by atoms with Crippen molar-refractivity contribution in [2.45, 2.75) is 76.5 Å². The van der Waals surface area contributed by atoms with E-state index in [1.807, 2.05) is 11.8 Å². The molecule has 0 bridgehead atoms. The SMILES string of the molecule is C[C@@H]1[C@H](C)CCC[C@H]1NC(=O)CSC1CCCCC1. The van der Waals surface area contributed by atoms with Crippen molar-refractivity contribution in [1.29, 1.82) is 0 Å². The van der Waals surface area contributed by atoms with Crippen LogP contribution >= 0.6 is 11.8 Å². The van der Waals surface area contributed by atoms with Gasteiger partial charge in [0, 0.05) is 11.3 Å². The molecule has 2 aliphatic carbocycles. The molecule has 19 heavy (non-hydrogen) atoms.